The number of benzene rings is 1. The fourth-order valence-corrected chi connectivity index (χ4v) is 2.53. The monoisotopic (exact) mass is 394 g/mol. The quantitative estimate of drug-likeness (QED) is 0.481. The van der Waals surface area contributed by atoms with Gasteiger partial charge in [-0.05, 0) is 24.3 Å². The largest absolute Gasteiger partial charge is 0.353 e. The van der Waals surface area contributed by atoms with Gasteiger partial charge in [0.1, 0.15) is 6.33 Å². The fourth-order valence-electron chi connectivity index (χ4n) is 2.53. The van der Waals surface area contributed by atoms with Gasteiger partial charge in [-0.2, -0.15) is 10.5 Å². The summed E-state index contributed by atoms with van der Waals surface area (Å²) in [5, 5.41) is 34.9. The van der Waals surface area contributed by atoms with Crippen LogP contribution >= 0.6 is 0 Å². The van der Waals surface area contributed by atoms with E-state index in [9.17, 15) is 14.9 Å². The Labute approximate surface area is 166 Å². The predicted molar refractivity (Wildman–Crippen MR) is 105 cm³/mol. The molecule has 0 fully saturated rings. The van der Waals surface area contributed by atoms with Gasteiger partial charge in [0.05, 0.1) is 29.9 Å². The Bertz CT molecular complexity index is 945. The van der Waals surface area contributed by atoms with Gasteiger partial charge in [0.15, 0.2) is 0 Å². The molecule has 0 radical (unpaired) electrons. The standard InChI is InChI=1S/C18H18N8O3/c1-13(27)23-14-4-6-15(7-5-14)24-17-16(26(28)29)18(22-12-21-17)25(10-2-8-19)11-3-9-20/h4-7,12H,2-3,10-11H2,1H3,(H,23,27)(H,21,22,24). The van der Waals surface area contributed by atoms with Gasteiger partial charge in [0.25, 0.3) is 0 Å². The average Bonchev–Trinajstić information content (AvgIpc) is 2.69. The summed E-state index contributed by atoms with van der Waals surface area (Å²) < 4.78 is 0. The van der Waals surface area contributed by atoms with Crippen LogP contribution in [-0.2, 0) is 4.79 Å². The van der Waals surface area contributed by atoms with Crippen molar-refractivity contribution in [3.8, 4) is 12.1 Å². The molecule has 1 aromatic heterocycles. The number of amides is 1. The molecule has 1 aromatic carbocycles. The molecule has 1 heterocycles. The summed E-state index contributed by atoms with van der Waals surface area (Å²) in [4.78, 5) is 31.8. The van der Waals surface area contributed by atoms with Crippen LogP contribution in [0.1, 0.15) is 19.8 Å². The SMILES string of the molecule is CC(=O)Nc1ccc(Nc2ncnc(N(CCC#N)CCC#N)c2[N+](=O)[O-])cc1. The second kappa shape index (κ2) is 10.2. The zero-order valence-electron chi connectivity index (χ0n) is 15.6. The number of nitro groups is 1. The molecule has 2 N–H and O–H groups in total. The summed E-state index contributed by atoms with van der Waals surface area (Å²) in [5.41, 5.74) is 0.752. The van der Waals surface area contributed by atoms with Crippen molar-refractivity contribution in [2.45, 2.75) is 19.8 Å². The molecule has 148 valence electrons. The Hall–Kier alpha value is -4.25. The van der Waals surface area contributed by atoms with Gasteiger partial charge < -0.3 is 15.5 Å². The second-order valence-corrected chi connectivity index (χ2v) is 5.84. The second-order valence-electron chi connectivity index (χ2n) is 5.84. The highest BCUT2D eigenvalue weighted by Crippen LogP contribution is 2.33. The summed E-state index contributed by atoms with van der Waals surface area (Å²) >= 11 is 0. The number of nitrogens with one attached hydrogen (secondary N) is 2. The third kappa shape index (κ3) is 5.87. The molecule has 29 heavy (non-hydrogen) atoms. The number of hydrogen-bond acceptors (Lipinski definition) is 9. The van der Waals surface area contributed by atoms with Gasteiger partial charge in [0.2, 0.25) is 17.5 Å². The van der Waals surface area contributed by atoms with E-state index >= 15 is 0 Å². The first-order chi connectivity index (χ1) is 14.0. The van der Waals surface area contributed by atoms with Gasteiger partial charge in [0, 0.05) is 31.4 Å². The first-order valence-corrected chi connectivity index (χ1v) is 8.59. The lowest BCUT2D eigenvalue weighted by Crippen LogP contribution is -2.27. The third-order valence-corrected chi connectivity index (χ3v) is 3.74. The number of nitriles is 2. The first kappa shape index (κ1) is 21.1. The lowest BCUT2D eigenvalue weighted by Gasteiger charge is -2.21. The lowest BCUT2D eigenvalue weighted by molar-refractivity contribution is -0.383. The molecule has 0 saturated heterocycles. The number of hydrogen-bond donors (Lipinski definition) is 2. The van der Waals surface area contributed by atoms with Crippen LogP contribution in [-0.4, -0.2) is 33.9 Å². The van der Waals surface area contributed by atoms with E-state index in [0.29, 0.717) is 11.4 Å². The fraction of sp³-hybridized carbons (Fsp3) is 0.278. The van der Waals surface area contributed by atoms with Crippen molar-refractivity contribution in [3.63, 3.8) is 0 Å². The Morgan fingerprint density at radius 3 is 2.24 bits per heavy atom. The minimum atomic E-state index is -0.602. The van der Waals surface area contributed by atoms with Gasteiger partial charge in [-0.1, -0.05) is 0 Å². The Balaban J connectivity index is 2.36. The van der Waals surface area contributed by atoms with Crippen molar-refractivity contribution in [1.82, 2.24) is 9.97 Å². The molecule has 0 saturated carbocycles. The van der Waals surface area contributed by atoms with E-state index in [2.05, 4.69) is 20.6 Å². The van der Waals surface area contributed by atoms with Crippen LogP contribution in [0.25, 0.3) is 0 Å². The highest BCUT2D eigenvalue weighted by Gasteiger charge is 2.27. The Morgan fingerprint density at radius 1 is 1.14 bits per heavy atom. The molecular formula is C18H18N8O3. The van der Waals surface area contributed by atoms with Crippen molar-refractivity contribution < 1.29 is 9.72 Å². The number of aromatic nitrogens is 2. The van der Waals surface area contributed by atoms with Crippen LogP contribution in [0.3, 0.4) is 0 Å². The van der Waals surface area contributed by atoms with Crippen molar-refractivity contribution in [2.24, 2.45) is 0 Å². The third-order valence-electron chi connectivity index (χ3n) is 3.74. The van der Waals surface area contributed by atoms with E-state index in [1.807, 2.05) is 12.1 Å². The highest BCUT2D eigenvalue weighted by molar-refractivity contribution is 5.89. The number of carbonyl (C=O) groups excluding carboxylic acids is 1. The van der Waals surface area contributed by atoms with Crippen LogP contribution in [0, 0.1) is 32.8 Å². The van der Waals surface area contributed by atoms with E-state index < -0.39 is 4.92 Å². The molecule has 11 nitrogen and oxygen atoms in total. The molecule has 2 aromatic rings. The van der Waals surface area contributed by atoms with Crippen LogP contribution < -0.4 is 15.5 Å². The van der Waals surface area contributed by atoms with Crippen molar-refractivity contribution in [1.29, 1.82) is 10.5 Å². The van der Waals surface area contributed by atoms with E-state index in [-0.39, 0.29) is 49.2 Å². The molecular weight excluding hydrogens is 376 g/mol. The molecule has 0 atom stereocenters. The summed E-state index contributed by atoms with van der Waals surface area (Å²) in [6.07, 6.45) is 1.43. The van der Waals surface area contributed by atoms with Crippen molar-refractivity contribution in [3.05, 3.63) is 40.7 Å². The van der Waals surface area contributed by atoms with Crippen LogP contribution in [0.5, 0.6) is 0 Å². The van der Waals surface area contributed by atoms with Gasteiger partial charge in [-0.3, -0.25) is 14.9 Å². The Morgan fingerprint density at radius 2 is 1.72 bits per heavy atom. The van der Waals surface area contributed by atoms with E-state index in [4.69, 9.17) is 10.5 Å². The molecule has 0 aliphatic carbocycles. The van der Waals surface area contributed by atoms with Gasteiger partial charge in [-0.15, -0.1) is 0 Å². The predicted octanol–water partition coefficient (Wildman–Crippen LogP) is 2.72. The minimum absolute atomic E-state index is 0.0220. The molecule has 0 aliphatic heterocycles. The summed E-state index contributed by atoms with van der Waals surface area (Å²) in [6.45, 7) is 1.78. The number of nitrogens with zero attached hydrogens (tertiary/aromatic N) is 6. The van der Waals surface area contributed by atoms with Crippen molar-refractivity contribution >= 4 is 34.6 Å². The Kier molecular flexibility index (Phi) is 7.39. The molecule has 0 aliphatic rings. The maximum atomic E-state index is 11.7. The number of anilines is 4. The van der Waals surface area contributed by atoms with Crippen LogP contribution in [0.2, 0.25) is 0 Å². The average molecular weight is 394 g/mol. The maximum absolute atomic E-state index is 11.7. The minimum Gasteiger partial charge on any atom is -0.349 e. The lowest BCUT2D eigenvalue weighted by atomic mass is 10.2. The summed E-state index contributed by atoms with van der Waals surface area (Å²) in [6, 6.07) is 10.5. The molecule has 11 heteroatoms. The maximum Gasteiger partial charge on any atom is 0.353 e. The molecule has 2 rings (SSSR count). The summed E-state index contributed by atoms with van der Waals surface area (Å²) in [7, 11) is 0. The topological polar surface area (TPSA) is 161 Å². The van der Waals surface area contributed by atoms with E-state index in [1.165, 1.54) is 18.2 Å². The first-order valence-electron chi connectivity index (χ1n) is 8.59. The molecule has 0 unspecified atom stereocenters. The van der Waals surface area contributed by atoms with E-state index in [0.717, 1.165) is 0 Å². The number of carbonyl (C=O) groups is 1. The zero-order valence-corrected chi connectivity index (χ0v) is 15.6. The highest BCUT2D eigenvalue weighted by atomic mass is 16.6. The van der Waals surface area contributed by atoms with Crippen LogP contribution in [0.4, 0.5) is 28.7 Å². The zero-order chi connectivity index (χ0) is 21.2. The molecule has 0 bridgehead atoms. The summed E-state index contributed by atoms with van der Waals surface area (Å²) in [5.74, 6) is -0.198. The van der Waals surface area contributed by atoms with Gasteiger partial charge >= 0.3 is 5.69 Å². The number of rotatable bonds is 9. The van der Waals surface area contributed by atoms with E-state index in [1.54, 1.807) is 24.3 Å². The van der Waals surface area contributed by atoms with Gasteiger partial charge in [-0.25, -0.2) is 9.97 Å². The van der Waals surface area contributed by atoms with Crippen molar-refractivity contribution in [2.75, 3.05) is 28.6 Å². The normalized spacial score (nSPS) is 9.76. The smallest absolute Gasteiger partial charge is 0.349 e. The molecule has 1 amide bonds. The van der Waals surface area contributed by atoms with Crippen LogP contribution in [0.15, 0.2) is 30.6 Å². The molecule has 0 spiro atoms.